The van der Waals surface area contributed by atoms with E-state index in [-0.39, 0.29) is 23.4 Å². The van der Waals surface area contributed by atoms with Crippen LogP contribution >= 0.6 is 11.7 Å². The number of rotatable bonds is 4. The predicted octanol–water partition coefficient (Wildman–Crippen LogP) is 7.73. The summed E-state index contributed by atoms with van der Waals surface area (Å²) in [4.78, 5) is 10.2. The van der Waals surface area contributed by atoms with Crippen LogP contribution < -0.4 is 0 Å². The lowest BCUT2D eigenvalue weighted by Crippen LogP contribution is -2.33. The van der Waals surface area contributed by atoms with E-state index in [1.807, 2.05) is 13.8 Å². The molecule has 7 rings (SSSR count). The minimum atomic E-state index is -0.370. The van der Waals surface area contributed by atoms with Crippen LogP contribution in [0.25, 0.3) is 44.3 Å². The van der Waals surface area contributed by atoms with Crippen LogP contribution in [-0.4, -0.2) is 45.1 Å². The number of hydrogen-bond acceptors (Lipinski definition) is 9. The molecule has 222 valence electrons. The third-order valence-electron chi connectivity index (χ3n) is 8.19. The van der Waals surface area contributed by atoms with Crippen molar-refractivity contribution in [3.05, 3.63) is 71.0 Å². The minimum absolute atomic E-state index is 0.0178. The first-order chi connectivity index (χ1) is 20.6. The van der Waals surface area contributed by atoms with Crippen molar-refractivity contribution in [1.82, 2.24) is 18.7 Å². The van der Waals surface area contributed by atoms with E-state index < -0.39 is 0 Å². The van der Waals surface area contributed by atoms with Gasteiger partial charge in [-0.25, -0.2) is 9.97 Å². The Balaban J connectivity index is 1.31. The first-order valence-electron chi connectivity index (χ1n) is 14.7. The highest BCUT2D eigenvalue weighted by Crippen LogP contribution is 2.43. The van der Waals surface area contributed by atoms with Gasteiger partial charge in [0, 0.05) is 33.1 Å². The maximum atomic E-state index is 6.02. The highest BCUT2D eigenvalue weighted by Gasteiger charge is 2.31. The fourth-order valence-corrected chi connectivity index (χ4v) is 6.18. The summed E-state index contributed by atoms with van der Waals surface area (Å²) >= 11 is 1.21. The second-order valence-corrected chi connectivity index (χ2v) is 13.8. The Morgan fingerprint density at radius 1 is 0.558 bits per heavy atom. The van der Waals surface area contributed by atoms with Crippen molar-refractivity contribution in [2.45, 2.75) is 54.1 Å². The summed E-state index contributed by atoms with van der Waals surface area (Å²) in [6.07, 6.45) is -0.739. The highest BCUT2D eigenvalue weighted by molar-refractivity contribution is 7.00. The first kappa shape index (κ1) is 28.4. The van der Waals surface area contributed by atoms with Gasteiger partial charge in [-0.05, 0) is 25.0 Å². The Morgan fingerprint density at radius 3 is 1.26 bits per heavy atom. The first-order valence-corrected chi connectivity index (χ1v) is 15.4. The summed E-state index contributed by atoms with van der Waals surface area (Å²) < 4.78 is 33.7. The Morgan fingerprint density at radius 2 is 0.907 bits per heavy atom. The van der Waals surface area contributed by atoms with Crippen molar-refractivity contribution in [3.8, 4) is 22.3 Å². The third kappa shape index (κ3) is 5.34. The van der Waals surface area contributed by atoms with Gasteiger partial charge in [-0.3, -0.25) is 0 Å². The lowest BCUT2D eigenvalue weighted by atomic mass is 9.93. The molecule has 0 radical (unpaired) electrons. The van der Waals surface area contributed by atoms with Gasteiger partial charge in [0.25, 0.3) is 0 Å². The summed E-state index contributed by atoms with van der Waals surface area (Å²) in [6, 6.07) is 16.6. The third-order valence-corrected chi connectivity index (χ3v) is 8.72. The van der Waals surface area contributed by atoms with E-state index in [0.29, 0.717) is 26.4 Å². The molecule has 5 aromatic rings. The van der Waals surface area contributed by atoms with E-state index in [0.717, 1.165) is 66.8 Å². The highest BCUT2D eigenvalue weighted by atomic mass is 32.1. The summed E-state index contributed by atoms with van der Waals surface area (Å²) in [5, 5.41) is 0. The van der Waals surface area contributed by atoms with Crippen molar-refractivity contribution in [2.75, 3.05) is 26.4 Å². The Kier molecular flexibility index (Phi) is 7.06. The molecule has 4 heterocycles. The molecule has 8 nitrogen and oxygen atoms in total. The molecule has 0 bridgehead atoms. The maximum Gasteiger partial charge on any atom is 0.183 e. The number of fused-ring (bicyclic) bond motifs is 2. The zero-order chi connectivity index (χ0) is 29.9. The van der Waals surface area contributed by atoms with Crippen molar-refractivity contribution >= 4 is 33.8 Å². The van der Waals surface area contributed by atoms with E-state index in [1.54, 1.807) is 0 Å². The molecule has 0 saturated carbocycles. The van der Waals surface area contributed by atoms with Crippen LogP contribution in [0, 0.1) is 24.7 Å². The summed E-state index contributed by atoms with van der Waals surface area (Å²) in [6.45, 7) is 15.2. The average Bonchev–Trinajstić information content (AvgIpc) is 3.46. The molecule has 0 unspecified atom stereocenters. The van der Waals surface area contributed by atoms with Crippen LogP contribution in [0.3, 0.4) is 0 Å². The Bertz CT molecular complexity index is 1660. The molecule has 9 heteroatoms. The molecule has 0 amide bonds. The van der Waals surface area contributed by atoms with Crippen LogP contribution in [-0.2, 0) is 18.9 Å². The van der Waals surface area contributed by atoms with Gasteiger partial charge in [0.1, 0.15) is 11.0 Å². The second kappa shape index (κ2) is 10.7. The molecule has 2 aliphatic rings. The fraction of sp³-hybridized carbons (Fsp3) is 0.412. The molecule has 0 atom stereocenters. The van der Waals surface area contributed by atoms with Gasteiger partial charge in [-0.1, -0.05) is 76.2 Å². The molecular weight excluding hydrogens is 560 g/mol. The molecule has 0 aliphatic carbocycles. The average molecular weight is 597 g/mol. The Hall–Kier alpha value is -3.34. The molecular formula is C34H36N4O4S. The quantitative estimate of drug-likeness (QED) is 0.208. The number of nitrogens with zero attached hydrogens (tertiary/aromatic N) is 4. The van der Waals surface area contributed by atoms with Crippen molar-refractivity contribution in [3.63, 3.8) is 0 Å². The van der Waals surface area contributed by atoms with E-state index in [1.165, 1.54) is 11.7 Å². The zero-order valence-electron chi connectivity index (χ0n) is 25.4. The zero-order valence-corrected chi connectivity index (χ0v) is 26.2. The van der Waals surface area contributed by atoms with Crippen molar-refractivity contribution in [1.29, 1.82) is 0 Å². The predicted molar refractivity (Wildman–Crippen MR) is 168 cm³/mol. The molecule has 2 aromatic heterocycles. The lowest BCUT2D eigenvalue weighted by Gasteiger charge is -2.34. The number of aryl methyl sites for hydroxylation is 2. The lowest BCUT2D eigenvalue weighted by molar-refractivity contribution is -0.226. The monoisotopic (exact) mass is 596 g/mol. The Labute approximate surface area is 255 Å². The number of benzene rings is 3. The fourth-order valence-electron chi connectivity index (χ4n) is 5.62. The van der Waals surface area contributed by atoms with Crippen LogP contribution in [0.4, 0.5) is 0 Å². The number of hydrogen-bond donors (Lipinski definition) is 0. The summed E-state index contributed by atoms with van der Waals surface area (Å²) in [5.41, 5.74) is 10.9. The second-order valence-electron chi connectivity index (χ2n) is 13.3. The van der Waals surface area contributed by atoms with Crippen molar-refractivity contribution in [2.24, 2.45) is 10.8 Å². The largest absolute Gasteiger partial charge is 0.348 e. The van der Waals surface area contributed by atoms with E-state index in [9.17, 15) is 0 Å². The van der Waals surface area contributed by atoms with Gasteiger partial charge in [0.2, 0.25) is 0 Å². The maximum absolute atomic E-state index is 6.02. The molecule has 0 spiro atoms. The van der Waals surface area contributed by atoms with E-state index in [2.05, 4.69) is 76.2 Å². The normalized spacial score (nSPS) is 19.3. The van der Waals surface area contributed by atoms with Gasteiger partial charge >= 0.3 is 0 Å². The molecule has 43 heavy (non-hydrogen) atoms. The summed E-state index contributed by atoms with van der Waals surface area (Å²) in [7, 11) is 0. The van der Waals surface area contributed by atoms with Gasteiger partial charge in [-0.2, -0.15) is 8.75 Å². The standard InChI is InChI=1S/C34H36N4O4S/c1-19-20(2)36-28-26(22-9-13-24(14-10-22)32-41-17-34(5,6)18-42-32)30-29(37-43-38-30)25(27(28)35-19)21-7-11-23(12-8-21)31-39-15-33(3,4)16-40-31/h7-14,31-32H,15-18H2,1-6H3. The smallest absolute Gasteiger partial charge is 0.183 e. The molecule has 2 aliphatic heterocycles. The van der Waals surface area contributed by atoms with Crippen molar-refractivity contribution < 1.29 is 18.9 Å². The molecule has 2 saturated heterocycles. The number of aromatic nitrogens is 4. The van der Waals surface area contributed by atoms with Gasteiger partial charge in [-0.15, -0.1) is 0 Å². The SMILES string of the molecule is Cc1nc2c(-c3ccc(C4OCC(C)(C)CO4)cc3)c3nsnc3c(-c3ccc(C4OCC(C)(C)CO4)cc3)c2nc1C. The van der Waals surface area contributed by atoms with Crippen LogP contribution in [0.1, 0.15) is 62.8 Å². The van der Waals surface area contributed by atoms with Gasteiger partial charge < -0.3 is 18.9 Å². The minimum Gasteiger partial charge on any atom is -0.348 e. The molecule has 0 N–H and O–H groups in total. The topological polar surface area (TPSA) is 88.5 Å². The van der Waals surface area contributed by atoms with Crippen LogP contribution in [0.5, 0.6) is 0 Å². The molecule has 2 fully saturated rings. The summed E-state index contributed by atoms with van der Waals surface area (Å²) in [5.74, 6) is 0. The van der Waals surface area contributed by atoms with E-state index >= 15 is 0 Å². The van der Waals surface area contributed by atoms with Gasteiger partial charge in [0.05, 0.1) is 60.6 Å². The van der Waals surface area contributed by atoms with E-state index in [4.69, 9.17) is 37.7 Å². The van der Waals surface area contributed by atoms with Gasteiger partial charge in [0.15, 0.2) is 12.6 Å². The number of ether oxygens (including phenoxy) is 4. The van der Waals surface area contributed by atoms with Crippen LogP contribution in [0.2, 0.25) is 0 Å². The van der Waals surface area contributed by atoms with Crippen LogP contribution in [0.15, 0.2) is 48.5 Å². The molecule has 3 aromatic carbocycles.